The van der Waals surface area contributed by atoms with Crippen LogP contribution in [0, 0.1) is 5.82 Å². The molecule has 0 bridgehead atoms. The van der Waals surface area contributed by atoms with Gasteiger partial charge in [-0.1, -0.05) is 0 Å². The van der Waals surface area contributed by atoms with Crippen LogP contribution in [0.5, 0.6) is 0 Å². The van der Waals surface area contributed by atoms with E-state index in [1.807, 2.05) is 0 Å². The van der Waals surface area contributed by atoms with Crippen molar-refractivity contribution in [2.24, 2.45) is 0 Å². The van der Waals surface area contributed by atoms with Crippen molar-refractivity contribution in [3.8, 4) is 0 Å². The highest BCUT2D eigenvalue weighted by Crippen LogP contribution is 2.34. The van der Waals surface area contributed by atoms with Crippen LogP contribution in [0.2, 0.25) is 0 Å². The third-order valence-electron chi connectivity index (χ3n) is 2.93. The van der Waals surface area contributed by atoms with Crippen LogP contribution in [0.25, 0.3) is 0 Å². The first-order valence-corrected chi connectivity index (χ1v) is 5.75. The highest BCUT2D eigenvalue weighted by molar-refractivity contribution is 5.33. The second-order valence-electron chi connectivity index (χ2n) is 4.30. The van der Waals surface area contributed by atoms with E-state index in [1.165, 1.54) is 6.26 Å². The second kappa shape index (κ2) is 5.21. The number of aliphatic hydroxyl groups excluding tert-OH is 1. The van der Waals surface area contributed by atoms with Crippen molar-refractivity contribution in [1.82, 2.24) is 0 Å². The number of aliphatic hydroxyl groups is 1. The zero-order chi connectivity index (χ0) is 14.0. The fourth-order valence-corrected chi connectivity index (χ4v) is 1.92. The molecule has 0 radical (unpaired) electrons. The Kier molecular flexibility index (Phi) is 3.80. The SMILES string of the molecule is OC(C1=COCCC1)c1cc(C(F)(F)F)ccc1F. The molecule has 1 heterocycles. The fourth-order valence-electron chi connectivity index (χ4n) is 1.92. The average Bonchev–Trinajstić information content (AvgIpc) is 2.38. The van der Waals surface area contributed by atoms with E-state index < -0.39 is 23.7 Å². The first kappa shape index (κ1) is 13.9. The summed E-state index contributed by atoms with van der Waals surface area (Å²) in [7, 11) is 0. The molecule has 0 aromatic heterocycles. The second-order valence-corrected chi connectivity index (χ2v) is 4.30. The summed E-state index contributed by atoms with van der Waals surface area (Å²) in [5.41, 5.74) is -0.990. The van der Waals surface area contributed by atoms with E-state index in [4.69, 9.17) is 4.74 Å². The van der Waals surface area contributed by atoms with Crippen molar-refractivity contribution in [3.63, 3.8) is 0 Å². The van der Waals surface area contributed by atoms with Crippen molar-refractivity contribution in [2.45, 2.75) is 25.1 Å². The molecule has 1 N–H and O–H groups in total. The van der Waals surface area contributed by atoms with Crippen LogP contribution < -0.4 is 0 Å². The van der Waals surface area contributed by atoms with E-state index in [2.05, 4.69) is 0 Å². The molecule has 104 valence electrons. The maximum absolute atomic E-state index is 13.6. The molecule has 1 unspecified atom stereocenters. The largest absolute Gasteiger partial charge is 0.501 e. The summed E-state index contributed by atoms with van der Waals surface area (Å²) >= 11 is 0. The van der Waals surface area contributed by atoms with Crippen LogP contribution in [0.15, 0.2) is 30.0 Å². The molecule has 0 amide bonds. The number of rotatable bonds is 2. The highest BCUT2D eigenvalue weighted by atomic mass is 19.4. The summed E-state index contributed by atoms with van der Waals surface area (Å²) in [6.45, 7) is 0.487. The third kappa shape index (κ3) is 3.07. The lowest BCUT2D eigenvalue weighted by atomic mass is 9.96. The summed E-state index contributed by atoms with van der Waals surface area (Å²) in [4.78, 5) is 0. The molecule has 2 nitrogen and oxygen atoms in total. The van der Waals surface area contributed by atoms with Crippen LogP contribution in [-0.2, 0) is 10.9 Å². The van der Waals surface area contributed by atoms with Gasteiger partial charge in [0.2, 0.25) is 0 Å². The van der Waals surface area contributed by atoms with E-state index in [-0.39, 0.29) is 5.56 Å². The molecule has 0 spiro atoms. The number of alkyl halides is 3. The number of benzene rings is 1. The van der Waals surface area contributed by atoms with E-state index >= 15 is 0 Å². The minimum absolute atomic E-state index is 0.379. The van der Waals surface area contributed by atoms with E-state index in [9.17, 15) is 22.7 Å². The molecule has 6 heteroatoms. The van der Waals surface area contributed by atoms with Crippen LogP contribution in [0.3, 0.4) is 0 Å². The zero-order valence-electron chi connectivity index (χ0n) is 9.88. The Hall–Kier alpha value is -1.56. The molecule has 1 aromatic rings. The molecule has 1 atom stereocenters. The minimum Gasteiger partial charge on any atom is -0.501 e. The number of ether oxygens (including phenoxy) is 1. The monoisotopic (exact) mass is 276 g/mol. The minimum atomic E-state index is -4.57. The molecule has 19 heavy (non-hydrogen) atoms. The summed E-state index contributed by atoms with van der Waals surface area (Å²) in [6.07, 6.45) is -3.59. The van der Waals surface area contributed by atoms with Gasteiger partial charge in [0, 0.05) is 5.56 Å². The van der Waals surface area contributed by atoms with Crippen molar-refractivity contribution in [2.75, 3.05) is 6.61 Å². The van der Waals surface area contributed by atoms with Crippen LogP contribution in [0.1, 0.15) is 30.1 Å². The fraction of sp³-hybridized carbons (Fsp3) is 0.385. The summed E-state index contributed by atoms with van der Waals surface area (Å²) in [6, 6.07) is 2.00. The van der Waals surface area contributed by atoms with Gasteiger partial charge in [-0.15, -0.1) is 0 Å². The topological polar surface area (TPSA) is 29.5 Å². The average molecular weight is 276 g/mol. The van der Waals surface area contributed by atoms with Gasteiger partial charge in [-0.05, 0) is 36.6 Å². The van der Waals surface area contributed by atoms with Crippen molar-refractivity contribution in [1.29, 1.82) is 0 Å². The number of halogens is 4. The Bertz CT molecular complexity index is 494. The normalized spacial score (nSPS) is 17.6. The van der Waals surface area contributed by atoms with Gasteiger partial charge in [-0.25, -0.2) is 4.39 Å². The van der Waals surface area contributed by atoms with Crippen molar-refractivity contribution in [3.05, 3.63) is 47.0 Å². The van der Waals surface area contributed by atoms with Gasteiger partial charge in [0.05, 0.1) is 18.4 Å². The number of hydrogen-bond acceptors (Lipinski definition) is 2. The Morgan fingerprint density at radius 2 is 2.00 bits per heavy atom. The molecule has 1 aromatic carbocycles. The van der Waals surface area contributed by atoms with Gasteiger partial charge in [-0.2, -0.15) is 13.2 Å². The molecule has 1 aliphatic rings. The predicted octanol–water partition coefficient (Wildman–Crippen LogP) is 3.57. The van der Waals surface area contributed by atoms with Crippen LogP contribution in [-0.4, -0.2) is 11.7 Å². The van der Waals surface area contributed by atoms with Gasteiger partial charge in [0.1, 0.15) is 11.9 Å². The maximum Gasteiger partial charge on any atom is 0.416 e. The first-order chi connectivity index (χ1) is 8.89. The molecular weight excluding hydrogens is 264 g/mol. The summed E-state index contributed by atoms with van der Waals surface area (Å²) in [5, 5.41) is 9.96. The standard InChI is InChI=1S/C13H12F4O2/c14-11-4-3-9(13(15,16)17)6-10(11)12(18)8-2-1-5-19-7-8/h3-4,6-7,12,18H,1-2,5H2. The summed E-state index contributed by atoms with van der Waals surface area (Å²) < 4.78 is 56.2. The first-order valence-electron chi connectivity index (χ1n) is 5.75. The van der Waals surface area contributed by atoms with Crippen molar-refractivity contribution < 1.29 is 27.4 Å². The lowest BCUT2D eigenvalue weighted by Gasteiger charge is -2.20. The number of hydrogen-bond donors (Lipinski definition) is 1. The van der Waals surface area contributed by atoms with Gasteiger partial charge >= 0.3 is 6.18 Å². The third-order valence-corrected chi connectivity index (χ3v) is 2.93. The van der Waals surface area contributed by atoms with Gasteiger partial charge < -0.3 is 9.84 Å². The Labute approximate surface area is 107 Å². The zero-order valence-corrected chi connectivity index (χ0v) is 9.88. The van der Waals surface area contributed by atoms with E-state index in [0.717, 1.165) is 0 Å². The predicted molar refractivity (Wildman–Crippen MR) is 59.6 cm³/mol. The summed E-state index contributed by atoms with van der Waals surface area (Å²) in [5.74, 6) is -0.869. The van der Waals surface area contributed by atoms with E-state index in [1.54, 1.807) is 0 Å². The maximum atomic E-state index is 13.6. The molecule has 2 rings (SSSR count). The van der Waals surface area contributed by atoms with Gasteiger partial charge in [-0.3, -0.25) is 0 Å². The Morgan fingerprint density at radius 3 is 2.58 bits per heavy atom. The van der Waals surface area contributed by atoms with E-state index in [0.29, 0.717) is 43.2 Å². The molecule has 0 aliphatic carbocycles. The van der Waals surface area contributed by atoms with Gasteiger partial charge in [0.15, 0.2) is 0 Å². The molecule has 0 fully saturated rings. The molecular formula is C13H12F4O2. The lowest BCUT2D eigenvalue weighted by Crippen LogP contribution is -2.12. The molecule has 0 saturated heterocycles. The van der Waals surface area contributed by atoms with Crippen molar-refractivity contribution >= 4 is 0 Å². The smallest absolute Gasteiger partial charge is 0.416 e. The quantitative estimate of drug-likeness (QED) is 0.837. The van der Waals surface area contributed by atoms with Crippen LogP contribution >= 0.6 is 0 Å². The Balaban J connectivity index is 2.35. The molecule has 1 aliphatic heterocycles. The highest BCUT2D eigenvalue weighted by Gasteiger charge is 2.32. The van der Waals surface area contributed by atoms with Gasteiger partial charge in [0.25, 0.3) is 0 Å². The lowest BCUT2D eigenvalue weighted by molar-refractivity contribution is -0.137. The van der Waals surface area contributed by atoms with Crippen LogP contribution in [0.4, 0.5) is 17.6 Å². The molecule has 0 saturated carbocycles. The Morgan fingerprint density at radius 1 is 1.26 bits per heavy atom.